The van der Waals surface area contributed by atoms with Crippen molar-refractivity contribution in [3.8, 4) is 11.5 Å². The van der Waals surface area contributed by atoms with E-state index in [-0.39, 0.29) is 0 Å². The fourth-order valence-corrected chi connectivity index (χ4v) is 3.86. The maximum absolute atomic E-state index is 6.52. The molecular weight excluding hydrogens is 326 g/mol. The Morgan fingerprint density at radius 2 is 1.73 bits per heavy atom. The first-order valence-electron chi connectivity index (χ1n) is 9.20. The maximum Gasteiger partial charge on any atom is 0.161 e. The number of ether oxygens (including phenoxy) is 3. The van der Waals surface area contributed by atoms with Crippen LogP contribution in [-0.2, 0) is 16.8 Å². The summed E-state index contributed by atoms with van der Waals surface area (Å²) in [6, 6.07) is 14.8. The molecule has 2 aromatic rings. The van der Waals surface area contributed by atoms with Crippen molar-refractivity contribution in [3.63, 3.8) is 0 Å². The Bertz CT molecular complexity index is 730. The van der Waals surface area contributed by atoms with E-state index in [0.717, 1.165) is 37.3 Å². The normalized spacial score (nSPS) is 19.3. The minimum atomic E-state index is -0.440. The Kier molecular flexibility index (Phi) is 5.84. The summed E-state index contributed by atoms with van der Waals surface area (Å²) < 4.78 is 17.6. The van der Waals surface area contributed by atoms with E-state index in [9.17, 15) is 0 Å². The second-order valence-electron chi connectivity index (χ2n) is 7.06. The van der Waals surface area contributed by atoms with E-state index in [1.165, 1.54) is 16.7 Å². The zero-order chi connectivity index (χ0) is 18.6. The molecule has 4 heteroatoms. The summed E-state index contributed by atoms with van der Waals surface area (Å²) in [5.41, 5.74) is 3.24. The van der Waals surface area contributed by atoms with Gasteiger partial charge in [0.2, 0.25) is 0 Å². The minimum Gasteiger partial charge on any atom is -0.493 e. The van der Waals surface area contributed by atoms with Crippen LogP contribution in [0.15, 0.2) is 42.5 Å². The molecule has 0 radical (unpaired) electrons. The molecule has 1 unspecified atom stereocenters. The summed E-state index contributed by atoms with van der Waals surface area (Å²) in [4.78, 5) is 2.22. The smallest absolute Gasteiger partial charge is 0.161 e. The Balaban J connectivity index is 2.11. The second kappa shape index (κ2) is 8.11. The third-order valence-electron chi connectivity index (χ3n) is 5.14. The number of methoxy groups -OCH3 is 2. The highest BCUT2D eigenvalue weighted by Gasteiger charge is 2.40. The summed E-state index contributed by atoms with van der Waals surface area (Å²) in [6.45, 7) is 1.74. The van der Waals surface area contributed by atoms with E-state index in [2.05, 4.69) is 61.5 Å². The van der Waals surface area contributed by atoms with Crippen LogP contribution in [0.2, 0.25) is 0 Å². The molecule has 2 aromatic carbocycles. The Morgan fingerprint density at radius 3 is 2.38 bits per heavy atom. The first-order valence-corrected chi connectivity index (χ1v) is 9.20. The lowest BCUT2D eigenvalue weighted by molar-refractivity contribution is -0.0369. The molecule has 0 fully saturated rings. The van der Waals surface area contributed by atoms with Gasteiger partial charge in [-0.2, -0.15) is 0 Å². The van der Waals surface area contributed by atoms with E-state index < -0.39 is 5.60 Å². The molecule has 0 N–H and O–H groups in total. The van der Waals surface area contributed by atoms with Gasteiger partial charge in [-0.25, -0.2) is 0 Å². The number of nitrogens with zero attached hydrogens (tertiary/aromatic N) is 1. The van der Waals surface area contributed by atoms with Crippen LogP contribution in [0.25, 0.3) is 0 Å². The van der Waals surface area contributed by atoms with Crippen molar-refractivity contribution in [2.75, 3.05) is 41.5 Å². The highest BCUT2D eigenvalue weighted by Crippen LogP contribution is 2.46. The topological polar surface area (TPSA) is 30.9 Å². The van der Waals surface area contributed by atoms with Crippen LogP contribution in [-0.4, -0.2) is 46.4 Å². The molecule has 0 bridgehead atoms. The largest absolute Gasteiger partial charge is 0.493 e. The van der Waals surface area contributed by atoms with Gasteiger partial charge in [0.15, 0.2) is 11.5 Å². The maximum atomic E-state index is 6.52. The molecule has 0 aromatic heterocycles. The molecule has 3 rings (SSSR count). The van der Waals surface area contributed by atoms with Gasteiger partial charge in [-0.15, -0.1) is 0 Å². The SMILES string of the molecule is COc1cc2c(cc1OC)C(CCCN(C)C)(c1ccccc1)OCC2. The van der Waals surface area contributed by atoms with Gasteiger partial charge in [0.25, 0.3) is 0 Å². The van der Waals surface area contributed by atoms with Crippen LogP contribution in [0, 0.1) is 0 Å². The average Bonchev–Trinajstić information content (AvgIpc) is 2.67. The zero-order valence-electron chi connectivity index (χ0n) is 16.2. The number of fused-ring (bicyclic) bond motifs is 1. The van der Waals surface area contributed by atoms with Crippen LogP contribution in [0.1, 0.15) is 29.5 Å². The van der Waals surface area contributed by atoms with Crippen LogP contribution in [0.4, 0.5) is 0 Å². The summed E-state index contributed by atoms with van der Waals surface area (Å²) >= 11 is 0. The predicted octanol–water partition coefficient (Wildman–Crippen LogP) is 3.86. The summed E-state index contributed by atoms with van der Waals surface area (Å²) in [7, 11) is 7.59. The third kappa shape index (κ3) is 3.57. The van der Waals surface area contributed by atoms with E-state index in [4.69, 9.17) is 14.2 Å². The number of hydrogen-bond donors (Lipinski definition) is 0. The minimum absolute atomic E-state index is 0.440. The molecule has 0 aliphatic carbocycles. The van der Waals surface area contributed by atoms with Crippen LogP contribution in [0.5, 0.6) is 11.5 Å². The number of rotatable bonds is 7. The summed E-state index contributed by atoms with van der Waals surface area (Å²) in [5.74, 6) is 1.54. The lowest BCUT2D eigenvalue weighted by Crippen LogP contribution is -2.37. The molecule has 0 spiro atoms. The standard InChI is InChI=1S/C22H29NO3/c1-23(2)13-8-12-22(18-9-6-5-7-10-18)19-16-21(25-4)20(24-3)15-17(19)11-14-26-22/h5-7,9-10,15-16H,8,11-14H2,1-4H3. The van der Waals surface area contributed by atoms with Crippen molar-refractivity contribution >= 4 is 0 Å². The molecule has 0 amide bonds. The first kappa shape index (κ1) is 18.7. The lowest BCUT2D eigenvalue weighted by atomic mass is 9.77. The zero-order valence-corrected chi connectivity index (χ0v) is 16.2. The van der Waals surface area contributed by atoms with Gasteiger partial charge in [0.1, 0.15) is 5.60 Å². The average molecular weight is 355 g/mol. The Hall–Kier alpha value is -2.04. The van der Waals surface area contributed by atoms with E-state index in [1.54, 1.807) is 14.2 Å². The quantitative estimate of drug-likeness (QED) is 0.755. The second-order valence-corrected chi connectivity index (χ2v) is 7.06. The van der Waals surface area contributed by atoms with Gasteiger partial charge in [0, 0.05) is 0 Å². The van der Waals surface area contributed by atoms with Gasteiger partial charge in [0.05, 0.1) is 20.8 Å². The molecule has 0 saturated heterocycles. The number of hydrogen-bond acceptors (Lipinski definition) is 4. The monoisotopic (exact) mass is 355 g/mol. The van der Waals surface area contributed by atoms with Gasteiger partial charge < -0.3 is 19.1 Å². The van der Waals surface area contributed by atoms with E-state index in [1.807, 2.05) is 0 Å². The lowest BCUT2D eigenvalue weighted by Gasteiger charge is -2.40. The van der Waals surface area contributed by atoms with Gasteiger partial charge in [-0.05, 0) is 68.7 Å². The Labute approximate surface area is 156 Å². The van der Waals surface area contributed by atoms with Gasteiger partial charge in [-0.3, -0.25) is 0 Å². The number of benzene rings is 2. The summed E-state index contributed by atoms with van der Waals surface area (Å²) in [5, 5.41) is 0. The Morgan fingerprint density at radius 1 is 1.04 bits per heavy atom. The molecule has 26 heavy (non-hydrogen) atoms. The molecule has 4 nitrogen and oxygen atoms in total. The molecular formula is C22H29NO3. The third-order valence-corrected chi connectivity index (χ3v) is 5.14. The van der Waals surface area contributed by atoms with Crippen molar-refractivity contribution in [2.24, 2.45) is 0 Å². The fraction of sp³-hybridized carbons (Fsp3) is 0.455. The van der Waals surface area contributed by atoms with Crippen LogP contribution in [0.3, 0.4) is 0 Å². The van der Waals surface area contributed by atoms with Gasteiger partial charge in [-0.1, -0.05) is 30.3 Å². The first-order chi connectivity index (χ1) is 12.6. The highest BCUT2D eigenvalue weighted by molar-refractivity contribution is 5.53. The fourth-order valence-electron chi connectivity index (χ4n) is 3.86. The van der Waals surface area contributed by atoms with Crippen molar-refractivity contribution in [3.05, 3.63) is 59.2 Å². The van der Waals surface area contributed by atoms with Crippen molar-refractivity contribution < 1.29 is 14.2 Å². The van der Waals surface area contributed by atoms with E-state index in [0.29, 0.717) is 6.61 Å². The van der Waals surface area contributed by atoms with Gasteiger partial charge >= 0.3 is 0 Å². The van der Waals surface area contributed by atoms with Crippen LogP contribution < -0.4 is 9.47 Å². The predicted molar refractivity (Wildman–Crippen MR) is 104 cm³/mol. The molecule has 1 aliphatic rings. The van der Waals surface area contributed by atoms with Crippen molar-refractivity contribution in [1.29, 1.82) is 0 Å². The molecule has 0 saturated carbocycles. The molecule has 1 atom stereocenters. The molecule has 1 heterocycles. The van der Waals surface area contributed by atoms with E-state index >= 15 is 0 Å². The molecule has 140 valence electrons. The highest BCUT2D eigenvalue weighted by atomic mass is 16.5. The van der Waals surface area contributed by atoms with Crippen molar-refractivity contribution in [1.82, 2.24) is 4.90 Å². The summed E-state index contributed by atoms with van der Waals surface area (Å²) in [6.07, 6.45) is 2.87. The van der Waals surface area contributed by atoms with Crippen molar-refractivity contribution in [2.45, 2.75) is 24.9 Å². The molecule has 1 aliphatic heterocycles. The van der Waals surface area contributed by atoms with Crippen LogP contribution >= 0.6 is 0 Å².